The zero-order chi connectivity index (χ0) is 13.4. The number of hydrogen-bond donors (Lipinski definition) is 1. The van der Waals surface area contributed by atoms with Gasteiger partial charge in [-0.05, 0) is 37.8 Å². The molecular weight excluding hydrogens is 214 g/mol. The zero-order valence-electron chi connectivity index (χ0n) is 12.1. The van der Waals surface area contributed by atoms with E-state index in [4.69, 9.17) is 5.11 Å². The SMILES string of the molecule is CC(C)CCN(CCC(C)C)CC(C)C(=O)O. The first kappa shape index (κ1) is 16.4. The van der Waals surface area contributed by atoms with Gasteiger partial charge in [-0.25, -0.2) is 0 Å². The zero-order valence-corrected chi connectivity index (χ0v) is 12.1. The first-order chi connectivity index (χ1) is 7.82. The molecule has 0 aliphatic rings. The third-order valence-electron chi connectivity index (χ3n) is 3.00. The average molecular weight is 243 g/mol. The van der Waals surface area contributed by atoms with E-state index in [-0.39, 0.29) is 5.92 Å². The smallest absolute Gasteiger partial charge is 0.307 e. The highest BCUT2D eigenvalue weighted by Gasteiger charge is 2.16. The summed E-state index contributed by atoms with van der Waals surface area (Å²) < 4.78 is 0. The Morgan fingerprint density at radius 2 is 1.41 bits per heavy atom. The first-order valence-corrected chi connectivity index (χ1v) is 6.78. The minimum absolute atomic E-state index is 0.269. The summed E-state index contributed by atoms with van der Waals surface area (Å²) in [7, 11) is 0. The van der Waals surface area contributed by atoms with Crippen molar-refractivity contribution in [1.29, 1.82) is 0 Å². The topological polar surface area (TPSA) is 40.5 Å². The lowest BCUT2D eigenvalue weighted by Crippen LogP contribution is -2.34. The van der Waals surface area contributed by atoms with E-state index in [9.17, 15) is 4.79 Å². The molecule has 0 fully saturated rings. The van der Waals surface area contributed by atoms with Crippen molar-refractivity contribution in [1.82, 2.24) is 4.90 Å². The molecule has 3 nitrogen and oxygen atoms in total. The fourth-order valence-corrected chi connectivity index (χ4v) is 1.64. The lowest BCUT2D eigenvalue weighted by atomic mass is 10.1. The molecule has 0 saturated carbocycles. The third kappa shape index (κ3) is 9.16. The van der Waals surface area contributed by atoms with Gasteiger partial charge in [-0.15, -0.1) is 0 Å². The molecule has 0 aromatic carbocycles. The fourth-order valence-electron chi connectivity index (χ4n) is 1.64. The van der Waals surface area contributed by atoms with Crippen LogP contribution < -0.4 is 0 Å². The second kappa shape index (κ2) is 8.51. The number of aliphatic carboxylic acids is 1. The van der Waals surface area contributed by atoms with Crippen molar-refractivity contribution in [2.24, 2.45) is 17.8 Å². The number of carbonyl (C=O) groups is 1. The van der Waals surface area contributed by atoms with Crippen molar-refractivity contribution in [3.63, 3.8) is 0 Å². The molecule has 1 N–H and O–H groups in total. The maximum Gasteiger partial charge on any atom is 0.307 e. The quantitative estimate of drug-likeness (QED) is 0.676. The minimum Gasteiger partial charge on any atom is -0.481 e. The highest BCUT2D eigenvalue weighted by molar-refractivity contribution is 5.69. The molecule has 0 aliphatic heterocycles. The third-order valence-corrected chi connectivity index (χ3v) is 3.00. The normalized spacial score (nSPS) is 13.6. The van der Waals surface area contributed by atoms with Gasteiger partial charge in [-0.2, -0.15) is 0 Å². The summed E-state index contributed by atoms with van der Waals surface area (Å²) in [6.45, 7) is 13.3. The van der Waals surface area contributed by atoms with E-state index >= 15 is 0 Å². The molecule has 0 amide bonds. The van der Waals surface area contributed by atoms with Crippen molar-refractivity contribution >= 4 is 5.97 Å². The van der Waals surface area contributed by atoms with E-state index in [1.807, 2.05) is 0 Å². The molecular formula is C14H29NO2. The van der Waals surface area contributed by atoms with Crippen molar-refractivity contribution < 1.29 is 9.90 Å². The maximum atomic E-state index is 10.9. The number of rotatable bonds is 9. The molecule has 102 valence electrons. The van der Waals surface area contributed by atoms with Crippen LogP contribution >= 0.6 is 0 Å². The van der Waals surface area contributed by atoms with Crippen LogP contribution in [0.4, 0.5) is 0 Å². The summed E-state index contributed by atoms with van der Waals surface area (Å²) >= 11 is 0. The second-order valence-electron chi connectivity index (χ2n) is 5.90. The van der Waals surface area contributed by atoms with Gasteiger partial charge in [0.25, 0.3) is 0 Å². The second-order valence-corrected chi connectivity index (χ2v) is 5.90. The number of hydrogen-bond acceptors (Lipinski definition) is 2. The van der Waals surface area contributed by atoms with Gasteiger partial charge in [0, 0.05) is 6.54 Å². The van der Waals surface area contributed by atoms with E-state index < -0.39 is 5.97 Å². The lowest BCUT2D eigenvalue weighted by molar-refractivity contribution is -0.141. The number of carboxylic acid groups (broad SMARTS) is 1. The average Bonchev–Trinajstić information content (AvgIpc) is 2.21. The Hall–Kier alpha value is -0.570. The molecule has 0 saturated heterocycles. The first-order valence-electron chi connectivity index (χ1n) is 6.78. The van der Waals surface area contributed by atoms with E-state index in [1.165, 1.54) is 0 Å². The highest BCUT2D eigenvalue weighted by atomic mass is 16.4. The molecule has 1 atom stereocenters. The highest BCUT2D eigenvalue weighted by Crippen LogP contribution is 2.09. The summed E-state index contributed by atoms with van der Waals surface area (Å²) in [6.07, 6.45) is 2.29. The Morgan fingerprint density at radius 3 is 1.71 bits per heavy atom. The van der Waals surface area contributed by atoms with E-state index in [2.05, 4.69) is 32.6 Å². The summed E-state index contributed by atoms with van der Waals surface area (Å²) in [5.41, 5.74) is 0. The molecule has 0 aliphatic carbocycles. The summed E-state index contributed by atoms with van der Waals surface area (Å²) in [5, 5.41) is 8.96. The standard InChI is InChI=1S/C14H29NO2/c1-11(2)6-8-15(9-7-12(3)4)10-13(5)14(16)17/h11-13H,6-10H2,1-5H3,(H,16,17). The Labute approximate surface area is 106 Å². The summed E-state index contributed by atoms with van der Waals surface area (Å²) in [6, 6.07) is 0. The molecule has 0 aromatic heterocycles. The Bertz CT molecular complexity index is 202. The Morgan fingerprint density at radius 1 is 1.00 bits per heavy atom. The van der Waals surface area contributed by atoms with Crippen molar-refractivity contribution in [2.75, 3.05) is 19.6 Å². The van der Waals surface area contributed by atoms with Crippen LogP contribution in [-0.2, 0) is 4.79 Å². The molecule has 1 unspecified atom stereocenters. The minimum atomic E-state index is -0.691. The maximum absolute atomic E-state index is 10.9. The lowest BCUT2D eigenvalue weighted by Gasteiger charge is -2.25. The number of nitrogens with zero attached hydrogens (tertiary/aromatic N) is 1. The fraction of sp³-hybridized carbons (Fsp3) is 0.929. The van der Waals surface area contributed by atoms with Gasteiger partial charge in [0.15, 0.2) is 0 Å². The molecule has 0 spiro atoms. The van der Waals surface area contributed by atoms with Gasteiger partial charge in [0.1, 0.15) is 0 Å². The monoisotopic (exact) mass is 243 g/mol. The van der Waals surface area contributed by atoms with Crippen molar-refractivity contribution in [2.45, 2.75) is 47.5 Å². The largest absolute Gasteiger partial charge is 0.481 e. The van der Waals surface area contributed by atoms with Crippen LogP contribution in [0.5, 0.6) is 0 Å². The van der Waals surface area contributed by atoms with Gasteiger partial charge in [-0.3, -0.25) is 4.79 Å². The molecule has 0 radical (unpaired) electrons. The molecule has 3 heteroatoms. The van der Waals surface area contributed by atoms with Crippen LogP contribution in [0.2, 0.25) is 0 Å². The molecule has 0 rings (SSSR count). The van der Waals surface area contributed by atoms with E-state index in [1.54, 1.807) is 6.92 Å². The van der Waals surface area contributed by atoms with Gasteiger partial charge >= 0.3 is 5.97 Å². The van der Waals surface area contributed by atoms with Gasteiger partial charge < -0.3 is 10.0 Å². The van der Waals surface area contributed by atoms with Crippen molar-refractivity contribution in [3.05, 3.63) is 0 Å². The molecule has 0 aromatic rings. The molecule has 0 heterocycles. The van der Waals surface area contributed by atoms with E-state index in [0.29, 0.717) is 18.4 Å². The molecule has 0 bridgehead atoms. The van der Waals surface area contributed by atoms with Gasteiger partial charge in [0.2, 0.25) is 0 Å². The van der Waals surface area contributed by atoms with Crippen LogP contribution in [0, 0.1) is 17.8 Å². The van der Waals surface area contributed by atoms with Crippen LogP contribution in [-0.4, -0.2) is 35.6 Å². The molecule has 17 heavy (non-hydrogen) atoms. The van der Waals surface area contributed by atoms with Crippen LogP contribution in [0.1, 0.15) is 47.5 Å². The van der Waals surface area contributed by atoms with Crippen LogP contribution in [0.25, 0.3) is 0 Å². The number of carboxylic acids is 1. The van der Waals surface area contributed by atoms with Crippen molar-refractivity contribution in [3.8, 4) is 0 Å². The Balaban J connectivity index is 4.14. The predicted octanol–water partition coefficient (Wildman–Crippen LogP) is 3.10. The van der Waals surface area contributed by atoms with Crippen LogP contribution in [0.15, 0.2) is 0 Å². The van der Waals surface area contributed by atoms with Gasteiger partial charge in [-0.1, -0.05) is 34.6 Å². The van der Waals surface area contributed by atoms with Gasteiger partial charge in [0.05, 0.1) is 5.92 Å². The Kier molecular flexibility index (Phi) is 8.23. The summed E-state index contributed by atoms with van der Waals surface area (Å²) in [4.78, 5) is 13.2. The van der Waals surface area contributed by atoms with Crippen LogP contribution in [0.3, 0.4) is 0 Å². The van der Waals surface area contributed by atoms with E-state index in [0.717, 1.165) is 25.9 Å². The summed E-state index contributed by atoms with van der Waals surface area (Å²) in [5.74, 6) is 0.395. The predicted molar refractivity (Wildman–Crippen MR) is 72.1 cm³/mol.